The zero-order valence-electron chi connectivity index (χ0n) is 17.4. The first-order valence-corrected chi connectivity index (χ1v) is 10.5. The number of hydrogen-bond acceptors (Lipinski definition) is 4. The summed E-state index contributed by atoms with van der Waals surface area (Å²) in [6, 6.07) is 11.0. The maximum Gasteiger partial charge on any atom is 0.319 e. The zero-order valence-corrected chi connectivity index (χ0v) is 18.2. The van der Waals surface area contributed by atoms with Crippen LogP contribution >= 0.6 is 11.6 Å². The molecule has 1 fully saturated rings. The normalized spacial score (nSPS) is 16.0. The van der Waals surface area contributed by atoms with Gasteiger partial charge in [0.25, 0.3) is 5.56 Å². The Morgan fingerprint density at radius 2 is 2.00 bits per heavy atom. The lowest BCUT2D eigenvalue weighted by Gasteiger charge is -2.26. The van der Waals surface area contributed by atoms with E-state index in [0.717, 1.165) is 5.56 Å². The van der Waals surface area contributed by atoms with Crippen molar-refractivity contribution in [3.8, 4) is 0 Å². The highest BCUT2D eigenvalue weighted by Gasteiger charge is 2.28. The lowest BCUT2D eigenvalue weighted by molar-refractivity contribution is -0.124. The fraction of sp³-hybridized carbons (Fsp3) is 0.217. The van der Waals surface area contributed by atoms with Gasteiger partial charge in [-0.05, 0) is 61.7 Å². The standard InChI is InChI=1S/C23H22ClN5O3/c1-13-3-10-20(21(30)26-13)29-14(2)27-19-9-4-15(11-18(19)22(29)31)12-25-23(32)28-17-7-5-16(24)6-8-17/h4-9,11,20H,1,3,10,12H2,2H3,(H,26,30)(H2,25,28,32). The van der Waals surface area contributed by atoms with E-state index in [4.69, 9.17) is 11.6 Å². The van der Waals surface area contributed by atoms with E-state index in [2.05, 4.69) is 27.5 Å². The number of fused-ring (bicyclic) bond motifs is 1. The number of halogens is 1. The number of carbonyl (C=O) groups is 2. The highest BCUT2D eigenvalue weighted by atomic mass is 35.5. The summed E-state index contributed by atoms with van der Waals surface area (Å²) < 4.78 is 1.44. The van der Waals surface area contributed by atoms with Crippen LogP contribution in [0.3, 0.4) is 0 Å². The lowest BCUT2D eigenvalue weighted by Crippen LogP contribution is -2.41. The number of nitrogens with zero attached hydrogens (tertiary/aromatic N) is 2. The smallest absolute Gasteiger partial charge is 0.319 e. The predicted molar refractivity (Wildman–Crippen MR) is 124 cm³/mol. The number of nitrogens with one attached hydrogen (secondary N) is 3. The topological polar surface area (TPSA) is 105 Å². The van der Waals surface area contributed by atoms with E-state index in [1.807, 2.05) is 0 Å². The Bertz CT molecular complexity index is 1280. The van der Waals surface area contributed by atoms with E-state index >= 15 is 0 Å². The van der Waals surface area contributed by atoms with E-state index in [-0.39, 0.29) is 24.0 Å². The molecule has 0 spiro atoms. The minimum absolute atomic E-state index is 0.215. The molecule has 164 valence electrons. The summed E-state index contributed by atoms with van der Waals surface area (Å²) in [5.74, 6) is 0.215. The summed E-state index contributed by atoms with van der Waals surface area (Å²) in [7, 11) is 0. The fourth-order valence-corrected chi connectivity index (χ4v) is 3.86. The third-order valence-electron chi connectivity index (χ3n) is 5.33. The second-order valence-corrected chi connectivity index (χ2v) is 8.08. The van der Waals surface area contributed by atoms with Crippen LogP contribution in [0.15, 0.2) is 59.5 Å². The first-order valence-electron chi connectivity index (χ1n) is 10.1. The van der Waals surface area contributed by atoms with Crippen molar-refractivity contribution in [2.45, 2.75) is 32.4 Å². The van der Waals surface area contributed by atoms with Gasteiger partial charge in [-0.1, -0.05) is 24.2 Å². The molecule has 3 amide bonds. The average molecular weight is 452 g/mol. The number of carbonyl (C=O) groups excluding carboxylic acids is 2. The fourth-order valence-electron chi connectivity index (χ4n) is 3.73. The number of aromatic nitrogens is 2. The molecular weight excluding hydrogens is 430 g/mol. The molecule has 9 heteroatoms. The van der Waals surface area contributed by atoms with Crippen LogP contribution in [0.1, 0.15) is 30.3 Å². The van der Waals surface area contributed by atoms with Crippen LogP contribution in [0.2, 0.25) is 5.02 Å². The van der Waals surface area contributed by atoms with Crippen molar-refractivity contribution in [2.24, 2.45) is 0 Å². The Morgan fingerprint density at radius 1 is 1.25 bits per heavy atom. The molecule has 0 bridgehead atoms. The molecule has 1 unspecified atom stereocenters. The molecule has 1 saturated heterocycles. The van der Waals surface area contributed by atoms with Crippen LogP contribution in [-0.4, -0.2) is 21.5 Å². The van der Waals surface area contributed by atoms with Crippen LogP contribution in [0.4, 0.5) is 10.5 Å². The summed E-state index contributed by atoms with van der Waals surface area (Å²) in [6.07, 6.45) is 1.09. The molecule has 8 nitrogen and oxygen atoms in total. The van der Waals surface area contributed by atoms with Gasteiger partial charge in [-0.15, -0.1) is 0 Å². The second kappa shape index (κ2) is 8.84. The number of rotatable bonds is 4. The summed E-state index contributed by atoms with van der Waals surface area (Å²) in [6.45, 7) is 5.71. The van der Waals surface area contributed by atoms with Crippen molar-refractivity contribution in [3.63, 3.8) is 0 Å². The number of urea groups is 1. The van der Waals surface area contributed by atoms with Crippen LogP contribution in [0.5, 0.6) is 0 Å². The minimum atomic E-state index is -0.628. The Kier molecular flexibility index (Phi) is 5.96. The highest BCUT2D eigenvalue weighted by Crippen LogP contribution is 2.23. The van der Waals surface area contributed by atoms with Crippen LogP contribution in [0, 0.1) is 6.92 Å². The van der Waals surface area contributed by atoms with Crippen molar-refractivity contribution in [3.05, 3.63) is 81.5 Å². The van der Waals surface area contributed by atoms with E-state index in [0.29, 0.717) is 46.0 Å². The molecule has 3 N–H and O–H groups in total. The number of anilines is 1. The molecule has 0 radical (unpaired) electrons. The van der Waals surface area contributed by atoms with E-state index < -0.39 is 6.04 Å². The molecule has 4 rings (SSSR count). The monoisotopic (exact) mass is 451 g/mol. The maximum atomic E-state index is 13.2. The zero-order chi connectivity index (χ0) is 22.8. The van der Waals surface area contributed by atoms with Gasteiger partial charge in [0.05, 0.1) is 10.9 Å². The molecule has 1 aliphatic heterocycles. The Hall–Kier alpha value is -3.65. The first-order chi connectivity index (χ1) is 15.3. The van der Waals surface area contributed by atoms with Crippen molar-refractivity contribution >= 4 is 40.1 Å². The van der Waals surface area contributed by atoms with Gasteiger partial charge in [0.15, 0.2) is 0 Å². The first kappa shape index (κ1) is 21.6. The van der Waals surface area contributed by atoms with E-state index in [1.54, 1.807) is 49.4 Å². The molecule has 0 saturated carbocycles. The third-order valence-corrected chi connectivity index (χ3v) is 5.58. The summed E-state index contributed by atoms with van der Waals surface area (Å²) in [4.78, 5) is 42.4. The van der Waals surface area contributed by atoms with E-state index in [9.17, 15) is 14.4 Å². The third kappa shape index (κ3) is 4.50. The number of amides is 3. The molecule has 2 heterocycles. The number of benzene rings is 2. The van der Waals surface area contributed by atoms with Crippen LogP contribution in [-0.2, 0) is 11.3 Å². The largest absolute Gasteiger partial charge is 0.334 e. The quantitative estimate of drug-likeness (QED) is 0.563. The number of aryl methyl sites for hydroxylation is 1. The van der Waals surface area contributed by atoms with Gasteiger partial charge >= 0.3 is 6.03 Å². The number of piperidine rings is 1. The molecule has 1 aliphatic rings. The SMILES string of the molecule is C=C1CCC(n2c(C)nc3ccc(CNC(=O)Nc4ccc(Cl)cc4)cc3c2=O)C(=O)N1. The number of hydrogen-bond donors (Lipinski definition) is 3. The molecular formula is C23H22ClN5O3. The van der Waals surface area contributed by atoms with Crippen LogP contribution in [0.25, 0.3) is 10.9 Å². The van der Waals surface area contributed by atoms with Gasteiger partial charge in [-0.3, -0.25) is 14.2 Å². The second-order valence-electron chi connectivity index (χ2n) is 7.65. The van der Waals surface area contributed by atoms with Crippen molar-refractivity contribution < 1.29 is 9.59 Å². The van der Waals surface area contributed by atoms with Gasteiger partial charge in [-0.2, -0.15) is 0 Å². The Labute approximate surface area is 189 Å². The Balaban J connectivity index is 1.54. The van der Waals surface area contributed by atoms with Gasteiger partial charge in [0.2, 0.25) is 5.91 Å². The van der Waals surface area contributed by atoms with E-state index in [1.165, 1.54) is 4.57 Å². The summed E-state index contributed by atoms with van der Waals surface area (Å²) >= 11 is 5.85. The molecule has 0 aliphatic carbocycles. The van der Waals surface area contributed by atoms with Crippen LogP contribution < -0.4 is 21.5 Å². The van der Waals surface area contributed by atoms with Crippen molar-refractivity contribution in [2.75, 3.05) is 5.32 Å². The van der Waals surface area contributed by atoms with Crippen molar-refractivity contribution in [1.82, 2.24) is 20.2 Å². The number of allylic oxidation sites excluding steroid dienone is 1. The summed E-state index contributed by atoms with van der Waals surface area (Å²) in [5, 5.41) is 9.17. The molecule has 32 heavy (non-hydrogen) atoms. The average Bonchev–Trinajstić information content (AvgIpc) is 2.75. The lowest BCUT2D eigenvalue weighted by atomic mass is 10.0. The van der Waals surface area contributed by atoms with Gasteiger partial charge in [0.1, 0.15) is 11.9 Å². The minimum Gasteiger partial charge on any atom is -0.334 e. The van der Waals surface area contributed by atoms with Gasteiger partial charge in [-0.25, -0.2) is 9.78 Å². The molecule has 3 aromatic rings. The van der Waals surface area contributed by atoms with Crippen molar-refractivity contribution in [1.29, 1.82) is 0 Å². The predicted octanol–water partition coefficient (Wildman–Crippen LogP) is 3.64. The molecule has 1 atom stereocenters. The molecule has 2 aromatic carbocycles. The Morgan fingerprint density at radius 3 is 2.72 bits per heavy atom. The molecule has 1 aromatic heterocycles. The summed E-state index contributed by atoms with van der Waals surface area (Å²) in [5.41, 5.74) is 2.25. The van der Waals surface area contributed by atoms with Gasteiger partial charge < -0.3 is 16.0 Å². The highest BCUT2D eigenvalue weighted by molar-refractivity contribution is 6.30. The van der Waals surface area contributed by atoms with Gasteiger partial charge in [0, 0.05) is 23.0 Å². The maximum absolute atomic E-state index is 13.2.